The number of nitrogens with zero attached hydrogens (tertiary/aromatic N) is 2. The van der Waals surface area contributed by atoms with Crippen molar-refractivity contribution in [3.05, 3.63) is 45.8 Å². The summed E-state index contributed by atoms with van der Waals surface area (Å²) in [6, 6.07) is 7.07. The predicted molar refractivity (Wildman–Crippen MR) is 85.3 cm³/mol. The highest BCUT2D eigenvalue weighted by Gasteiger charge is 2.18. The van der Waals surface area contributed by atoms with E-state index in [0.29, 0.717) is 6.04 Å². The first kappa shape index (κ1) is 13.6. The number of thiophene rings is 1. The molecule has 0 radical (unpaired) electrons. The van der Waals surface area contributed by atoms with Crippen LogP contribution in [-0.2, 0) is 19.5 Å². The van der Waals surface area contributed by atoms with Crippen molar-refractivity contribution < 1.29 is 0 Å². The molecule has 3 rings (SSSR count). The molecule has 0 atom stereocenters. The fourth-order valence-electron chi connectivity index (χ4n) is 2.51. The Morgan fingerprint density at radius 2 is 2.30 bits per heavy atom. The molecular weight excluding hydrogens is 266 g/mol. The molecule has 2 aromatic rings. The second kappa shape index (κ2) is 5.94. The van der Waals surface area contributed by atoms with Crippen LogP contribution in [0.25, 0.3) is 0 Å². The Balaban J connectivity index is 1.73. The summed E-state index contributed by atoms with van der Waals surface area (Å²) in [5.41, 5.74) is 2.77. The van der Waals surface area contributed by atoms with E-state index >= 15 is 0 Å². The van der Waals surface area contributed by atoms with E-state index in [2.05, 4.69) is 52.6 Å². The molecule has 1 aliphatic rings. The molecule has 1 aliphatic heterocycles. The van der Waals surface area contributed by atoms with E-state index in [1.807, 2.05) is 17.5 Å². The molecule has 3 heterocycles. The molecule has 20 heavy (non-hydrogen) atoms. The highest BCUT2D eigenvalue weighted by molar-refractivity contribution is 7.10. The Morgan fingerprint density at radius 1 is 1.40 bits per heavy atom. The number of anilines is 1. The van der Waals surface area contributed by atoms with Crippen LogP contribution in [0, 0.1) is 0 Å². The van der Waals surface area contributed by atoms with E-state index in [9.17, 15) is 0 Å². The van der Waals surface area contributed by atoms with Gasteiger partial charge in [-0.25, -0.2) is 4.98 Å². The van der Waals surface area contributed by atoms with Gasteiger partial charge in [0.05, 0.1) is 0 Å². The lowest BCUT2D eigenvalue weighted by atomic mass is 10.1. The van der Waals surface area contributed by atoms with Crippen LogP contribution in [0.1, 0.15) is 29.9 Å². The van der Waals surface area contributed by atoms with Gasteiger partial charge in [-0.15, -0.1) is 11.3 Å². The molecule has 4 heteroatoms. The number of hydrogen-bond donors (Lipinski definition) is 1. The lowest BCUT2D eigenvalue weighted by molar-refractivity contribution is 0.588. The number of nitrogens with one attached hydrogen (secondary N) is 1. The van der Waals surface area contributed by atoms with Crippen LogP contribution in [0.5, 0.6) is 0 Å². The van der Waals surface area contributed by atoms with E-state index in [1.165, 1.54) is 11.1 Å². The molecule has 3 nitrogen and oxygen atoms in total. The van der Waals surface area contributed by atoms with Crippen molar-refractivity contribution in [3.63, 3.8) is 0 Å². The zero-order chi connectivity index (χ0) is 13.9. The normalized spacial score (nSPS) is 14.7. The van der Waals surface area contributed by atoms with Gasteiger partial charge in [-0.05, 0) is 41.1 Å². The summed E-state index contributed by atoms with van der Waals surface area (Å²) < 4.78 is 0. The zero-order valence-corrected chi connectivity index (χ0v) is 12.9. The number of rotatable bonds is 4. The van der Waals surface area contributed by atoms with E-state index < -0.39 is 0 Å². The Morgan fingerprint density at radius 3 is 3.15 bits per heavy atom. The van der Waals surface area contributed by atoms with Gasteiger partial charge in [0.25, 0.3) is 0 Å². The second-order valence-electron chi connectivity index (χ2n) is 5.60. The molecule has 0 aromatic carbocycles. The van der Waals surface area contributed by atoms with E-state index in [0.717, 1.165) is 31.9 Å². The summed E-state index contributed by atoms with van der Waals surface area (Å²) in [5, 5.41) is 5.66. The highest BCUT2D eigenvalue weighted by atomic mass is 32.1. The molecule has 2 aromatic heterocycles. The van der Waals surface area contributed by atoms with Gasteiger partial charge < -0.3 is 10.2 Å². The average Bonchev–Trinajstić information content (AvgIpc) is 2.93. The molecule has 106 valence electrons. The van der Waals surface area contributed by atoms with Crippen LogP contribution < -0.4 is 10.2 Å². The molecule has 0 fully saturated rings. The van der Waals surface area contributed by atoms with Gasteiger partial charge in [-0.1, -0.05) is 13.8 Å². The van der Waals surface area contributed by atoms with Crippen molar-refractivity contribution in [1.82, 2.24) is 10.3 Å². The first-order chi connectivity index (χ1) is 9.72. The molecule has 0 aliphatic carbocycles. The fraction of sp³-hybridized carbons (Fsp3) is 0.438. The molecule has 0 saturated heterocycles. The van der Waals surface area contributed by atoms with Crippen molar-refractivity contribution >= 4 is 17.2 Å². The molecule has 0 saturated carbocycles. The minimum atomic E-state index is 0.509. The Labute approximate surface area is 124 Å². The second-order valence-corrected chi connectivity index (χ2v) is 6.60. The first-order valence-electron chi connectivity index (χ1n) is 7.21. The highest BCUT2D eigenvalue weighted by Crippen LogP contribution is 2.27. The molecule has 1 N–H and O–H groups in total. The largest absolute Gasteiger partial charge is 0.352 e. The minimum absolute atomic E-state index is 0.509. The first-order valence-corrected chi connectivity index (χ1v) is 8.09. The van der Waals surface area contributed by atoms with Gasteiger partial charge in [0.1, 0.15) is 5.82 Å². The average molecular weight is 287 g/mol. The SMILES string of the molecule is CC(C)NCc1ccnc(N2CCc3sccc3C2)c1. The summed E-state index contributed by atoms with van der Waals surface area (Å²) in [7, 11) is 0. The van der Waals surface area contributed by atoms with Gasteiger partial charge >= 0.3 is 0 Å². The number of hydrogen-bond acceptors (Lipinski definition) is 4. The topological polar surface area (TPSA) is 28.2 Å². The molecule has 0 amide bonds. The molecule has 0 unspecified atom stereocenters. The van der Waals surface area contributed by atoms with Crippen LogP contribution in [0.15, 0.2) is 29.8 Å². The maximum atomic E-state index is 4.55. The number of fused-ring (bicyclic) bond motifs is 1. The predicted octanol–water partition coefficient (Wildman–Crippen LogP) is 3.20. The maximum absolute atomic E-state index is 4.55. The van der Waals surface area contributed by atoms with E-state index in [1.54, 1.807) is 4.88 Å². The van der Waals surface area contributed by atoms with E-state index in [-0.39, 0.29) is 0 Å². The molecular formula is C16H21N3S. The van der Waals surface area contributed by atoms with Crippen LogP contribution in [-0.4, -0.2) is 17.6 Å². The number of pyridine rings is 1. The van der Waals surface area contributed by atoms with Crippen LogP contribution >= 0.6 is 11.3 Å². The van der Waals surface area contributed by atoms with Crippen LogP contribution in [0.3, 0.4) is 0 Å². The zero-order valence-electron chi connectivity index (χ0n) is 12.1. The Bertz CT molecular complexity index is 577. The summed E-state index contributed by atoms with van der Waals surface area (Å²) in [6.07, 6.45) is 3.07. The van der Waals surface area contributed by atoms with Crippen LogP contribution in [0.2, 0.25) is 0 Å². The van der Waals surface area contributed by atoms with E-state index in [4.69, 9.17) is 0 Å². The number of aromatic nitrogens is 1. The smallest absolute Gasteiger partial charge is 0.129 e. The fourth-order valence-corrected chi connectivity index (χ4v) is 3.40. The third kappa shape index (κ3) is 3.02. The molecule has 0 spiro atoms. The minimum Gasteiger partial charge on any atom is -0.352 e. The Hall–Kier alpha value is -1.39. The lowest BCUT2D eigenvalue weighted by Crippen LogP contribution is -2.30. The molecule has 0 bridgehead atoms. The van der Waals surface area contributed by atoms with Gasteiger partial charge in [-0.3, -0.25) is 0 Å². The van der Waals surface area contributed by atoms with Gasteiger partial charge in [0, 0.05) is 36.8 Å². The third-order valence-electron chi connectivity index (χ3n) is 3.66. The van der Waals surface area contributed by atoms with Crippen molar-refractivity contribution in [3.8, 4) is 0 Å². The summed E-state index contributed by atoms with van der Waals surface area (Å²) >= 11 is 1.88. The standard InChI is InChI=1S/C16H21N3S/c1-12(2)18-10-13-3-6-17-16(9-13)19-7-4-15-14(11-19)5-8-20-15/h3,5-6,8-9,12,18H,4,7,10-11H2,1-2H3. The third-order valence-corrected chi connectivity index (χ3v) is 4.68. The van der Waals surface area contributed by atoms with Gasteiger partial charge in [0.15, 0.2) is 0 Å². The maximum Gasteiger partial charge on any atom is 0.129 e. The van der Waals surface area contributed by atoms with Crippen molar-refractivity contribution in [2.24, 2.45) is 0 Å². The van der Waals surface area contributed by atoms with Crippen molar-refractivity contribution in [2.45, 2.75) is 39.4 Å². The monoisotopic (exact) mass is 287 g/mol. The summed E-state index contributed by atoms with van der Waals surface area (Å²) in [5.74, 6) is 1.10. The quantitative estimate of drug-likeness (QED) is 0.936. The van der Waals surface area contributed by atoms with Crippen LogP contribution in [0.4, 0.5) is 5.82 Å². The van der Waals surface area contributed by atoms with Gasteiger partial charge in [0.2, 0.25) is 0 Å². The Kier molecular flexibility index (Phi) is 4.03. The van der Waals surface area contributed by atoms with Crippen molar-refractivity contribution in [2.75, 3.05) is 11.4 Å². The van der Waals surface area contributed by atoms with Gasteiger partial charge in [-0.2, -0.15) is 0 Å². The van der Waals surface area contributed by atoms with Crippen molar-refractivity contribution in [1.29, 1.82) is 0 Å². The summed E-state index contributed by atoms with van der Waals surface area (Å²) in [4.78, 5) is 8.47. The summed E-state index contributed by atoms with van der Waals surface area (Å²) in [6.45, 7) is 7.31. The lowest BCUT2D eigenvalue weighted by Gasteiger charge is -2.28.